The number of nitrogens with zero attached hydrogens (tertiary/aromatic N) is 4. The van der Waals surface area contributed by atoms with E-state index >= 15 is 0 Å². The summed E-state index contributed by atoms with van der Waals surface area (Å²) in [5.74, 6) is 1.13. The molecule has 1 aromatic rings. The van der Waals surface area contributed by atoms with Gasteiger partial charge in [0.25, 0.3) is 0 Å². The van der Waals surface area contributed by atoms with Crippen LogP contribution < -0.4 is 15.0 Å². The van der Waals surface area contributed by atoms with Crippen molar-refractivity contribution in [2.45, 2.75) is 40.0 Å². The van der Waals surface area contributed by atoms with Crippen molar-refractivity contribution < 1.29 is 9.84 Å². The maximum atomic E-state index is 8.98. The van der Waals surface area contributed by atoms with E-state index in [-0.39, 0.29) is 6.61 Å². The van der Waals surface area contributed by atoms with Gasteiger partial charge in [0.1, 0.15) is 0 Å². The molecular formula is C14H27N5O2. The first-order chi connectivity index (χ1) is 10.2. The van der Waals surface area contributed by atoms with Crippen LogP contribution >= 0.6 is 0 Å². The molecule has 0 fully saturated rings. The number of nitrogens with one attached hydrogen (secondary N) is 1. The van der Waals surface area contributed by atoms with E-state index in [0.717, 1.165) is 25.9 Å². The highest BCUT2D eigenvalue weighted by Crippen LogP contribution is 2.15. The Morgan fingerprint density at radius 1 is 1.14 bits per heavy atom. The van der Waals surface area contributed by atoms with Gasteiger partial charge in [0.05, 0.1) is 6.61 Å². The van der Waals surface area contributed by atoms with E-state index in [2.05, 4.69) is 27.2 Å². The molecule has 0 bridgehead atoms. The van der Waals surface area contributed by atoms with E-state index < -0.39 is 0 Å². The standard InChI is InChI=1S/C14H27N5O2/c1-4-8-15-12-16-13(19(6-3)9-7-10-20)18-14(17-12)21-11-5-2/h20H,4-11H2,1-3H3,(H,15,16,17,18). The summed E-state index contributed by atoms with van der Waals surface area (Å²) in [6.45, 7) is 9.18. The lowest BCUT2D eigenvalue weighted by Gasteiger charge is -2.21. The Balaban J connectivity index is 2.92. The van der Waals surface area contributed by atoms with Crippen molar-refractivity contribution >= 4 is 11.9 Å². The molecule has 1 heterocycles. The van der Waals surface area contributed by atoms with Crippen LogP contribution in [0.5, 0.6) is 6.01 Å². The Labute approximate surface area is 126 Å². The summed E-state index contributed by atoms with van der Waals surface area (Å²) in [5, 5.41) is 12.2. The van der Waals surface area contributed by atoms with Crippen molar-refractivity contribution in [2.75, 3.05) is 43.1 Å². The molecule has 0 aromatic carbocycles. The van der Waals surface area contributed by atoms with Crippen LogP contribution in [-0.2, 0) is 0 Å². The van der Waals surface area contributed by atoms with E-state index in [0.29, 0.717) is 37.5 Å². The molecule has 0 unspecified atom stereocenters. The van der Waals surface area contributed by atoms with Gasteiger partial charge in [-0.25, -0.2) is 0 Å². The van der Waals surface area contributed by atoms with Gasteiger partial charge in [-0.1, -0.05) is 13.8 Å². The van der Waals surface area contributed by atoms with Gasteiger partial charge in [0.2, 0.25) is 11.9 Å². The lowest BCUT2D eigenvalue weighted by atomic mass is 10.4. The predicted molar refractivity (Wildman–Crippen MR) is 84.0 cm³/mol. The second kappa shape index (κ2) is 10.1. The molecule has 0 spiro atoms. The second-order valence-corrected chi connectivity index (χ2v) is 4.67. The number of ether oxygens (including phenoxy) is 1. The molecule has 0 saturated carbocycles. The SMILES string of the molecule is CCCNc1nc(OCCC)nc(N(CC)CCCO)n1. The van der Waals surface area contributed by atoms with Crippen LogP contribution in [0.15, 0.2) is 0 Å². The molecule has 1 aromatic heterocycles. The minimum atomic E-state index is 0.154. The fourth-order valence-electron chi connectivity index (χ4n) is 1.72. The predicted octanol–water partition coefficient (Wildman–Crippen LogP) is 1.69. The van der Waals surface area contributed by atoms with Crippen LogP contribution in [0.2, 0.25) is 0 Å². The first-order valence-corrected chi connectivity index (χ1v) is 7.73. The van der Waals surface area contributed by atoms with Gasteiger partial charge in [-0.2, -0.15) is 15.0 Å². The van der Waals surface area contributed by atoms with Gasteiger partial charge in [-0.15, -0.1) is 0 Å². The summed E-state index contributed by atoms with van der Waals surface area (Å²) in [4.78, 5) is 15.1. The molecule has 0 atom stereocenters. The number of hydrogen-bond donors (Lipinski definition) is 2. The van der Waals surface area contributed by atoms with Crippen LogP contribution in [-0.4, -0.2) is 52.9 Å². The maximum Gasteiger partial charge on any atom is 0.323 e. The molecule has 0 radical (unpaired) electrons. The summed E-state index contributed by atoms with van der Waals surface area (Å²) < 4.78 is 5.54. The third-order valence-electron chi connectivity index (χ3n) is 2.82. The van der Waals surface area contributed by atoms with Crippen molar-refractivity contribution in [1.82, 2.24) is 15.0 Å². The Morgan fingerprint density at radius 3 is 2.57 bits per heavy atom. The third-order valence-corrected chi connectivity index (χ3v) is 2.82. The fraction of sp³-hybridized carbons (Fsp3) is 0.786. The molecule has 0 aliphatic carbocycles. The van der Waals surface area contributed by atoms with E-state index in [1.807, 2.05) is 18.7 Å². The molecule has 1 rings (SSSR count). The largest absolute Gasteiger partial charge is 0.463 e. The van der Waals surface area contributed by atoms with Gasteiger partial charge in [-0.3, -0.25) is 0 Å². The van der Waals surface area contributed by atoms with E-state index in [4.69, 9.17) is 9.84 Å². The quantitative estimate of drug-likeness (QED) is 0.643. The molecule has 0 aliphatic heterocycles. The Kier molecular flexibility index (Phi) is 8.42. The van der Waals surface area contributed by atoms with Crippen LogP contribution in [0.25, 0.3) is 0 Å². The molecule has 7 heteroatoms. The second-order valence-electron chi connectivity index (χ2n) is 4.67. The number of aromatic nitrogens is 3. The average Bonchev–Trinajstić information content (AvgIpc) is 2.51. The number of aliphatic hydroxyl groups is 1. The average molecular weight is 297 g/mol. The van der Waals surface area contributed by atoms with Crippen LogP contribution in [0.4, 0.5) is 11.9 Å². The molecule has 7 nitrogen and oxygen atoms in total. The van der Waals surface area contributed by atoms with E-state index in [1.54, 1.807) is 0 Å². The summed E-state index contributed by atoms with van der Waals surface area (Å²) >= 11 is 0. The topological polar surface area (TPSA) is 83.4 Å². The smallest absolute Gasteiger partial charge is 0.323 e. The third kappa shape index (κ3) is 6.12. The van der Waals surface area contributed by atoms with E-state index in [1.165, 1.54) is 0 Å². The van der Waals surface area contributed by atoms with Gasteiger partial charge < -0.3 is 20.1 Å². The van der Waals surface area contributed by atoms with Gasteiger partial charge in [-0.05, 0) is 26.2 Å². The van der Waals surface area contributed by atoms with Crippen LogP contribution in [0.3, 0.4) is 0 Å². The van der Waals surface area contributed by atoms with Crippen LogP contribution in [0.1, 0.15) is 40.0 Å². The lowest BCUT2D eigenvalue weighted by molar-refractivity contribution is 0.287. The minimum Gasteiger partial charge on any atom is -0.463 e. The Hall–Kier alpha value is -1.63. The molecule has 0 amide bonds. The summed E-state index contributed by atoms with van der Waals surface area (Å²) in [6, 6.07) is 0.350. The molecular weight excluding hydrogens is 270 g/mol. The van der Waals surface area contributed by atoms with Gasteiger partial charge >= 0.3 is 6.01 Å². The first kappa shape index (κ1) is 17.4. The Morgan fingerprint density at radius 2 is 1.95 bits per heavy atom. The van der Waals surface area contributed by atoms with Crippen molar-refractivity contribution in [1.29, 1.82) is 0 Å². The van der Waals surface area contributed by atoms with Crippen molar-refractivity contribution in [3.63, 3.8) is 0 Å². The van der Waals surface area contributed by atoms with Gasteiger partial charge in [0, 0.05) is 26.2 Å². The van der Waals surface area contributed by atoms with Crippen LogP contribution in [0, 0.1) is 0 Å². The highest BCUT2D eigenvalue weighted by atomic mass is 16.5. The highest BCUT2D eigenvalue weighted by Gasteiger charge is 2.12. The molecule has 21 heavy (non-hydrogen) atoms. The summed E-state index contributed by atoms with van der Waals surface area (Å²) in [7, 11) is 0. The maximum absolute atomic E-state index is 8.98. The fourth-order valence-corrected chi connectivity index (χ4v) is 1.72. The number of rotatable bonds is 11. The highest BCUT2D eigenvalue weighted by molar-refractivity contribution is 5.38. The zero-order chi connectivity index (χ0) is 15.5. The summed E-state index contributed by atoms with van der Waals surface area (Å²) in [5.41, 5.74) is 0. The Bertz CT molecular complexity index is 377. The minimum absolute atomic E-state index is 0.154. The monoisotopic (exact) mass is 297 g/mol. The normalized spacial score (nSPS) is 10.5. The first-order valence-electron chi connectivity index (χ1n) is 7.73. The van der Waals surface area contributed by atoms with Gasteiger partial charge in [0.15, 0.2) is 0 Å². The van der Waals surface area contributed by atoms with Crippen molar-refractivity contribution in [3.8, 4) is 6.01 Å². The lowest BCUT2D eigenvalue weighted by Crippen LogP contribution is -2.27. The molecule has 2 N–H and O–H groups in total. The number of anilines is 2. The zero-order valence-corrected chi connectivity index (χ0v) is 13.3. The summed E-state index contributed by atoms with van der Waals surface area (Å²) in [6.07, 6.45) is 2.58. The molecule has 0 saturated heterocycles. The zero-order valence-electron chi connectivity index (χ0n) is 13.3. The number of hydrogen-bond acceptors (Lipinski definition) is 7. The van der Waals surface area contributed by atoms with E-state index in [9.17, 15) is 0 Å². The molecule has 120 valence electrons. The molecule has 0 aliphatic rings. The number of aliphatic hydroxyl groups excluding tert-OH is 1. The van der Waals surface area contributed by atoms with Crippen molar-refractivity contribution in [2.24, 2.45) is 0 Å². The van der Waals surface area contributed by atoms with Crippen molar-refractivity contribution in [3.05, 3.63) is 0 Å².